The zero-order chi connectivity index (χ0) is 14.6. The second-order valence-corrected chi connectivity index (χ2v) is 4.51. The minimum atomic E-state index is -0.503. The van der Waals surface area contributed by atoms with Gasteiger partial charge in [-0.15, -0.1) is 0 Å². The Labute approximate surface area is 118 Å². The van der Waals surface area contributed by atoms with Crippen LogP contribution in [0, 0.1) is 0 Å². The van der Waals surface area contributed by atoms with E-state index in [4.69, 9.17) is 15.0 Å². The number of nitrogens with zero attached hydrogens (tertiary/aromatic N) is 3. The third-order valence-electron chi connectivity index (χ3n) is 3.39. The Morgan fingerprint density at radius 3 is 2.55 bits per heavy atom. The van der Waals surface area contributed by atoms with E-state index in [0.717, 1.165) is 12.8 Å². The monoisotopic (exact) mass is 276 g/mol. The van der Waals surface area contributed by atoms with Gasteiger partial charge in [-0.1, -0.05) is 25.1 Å². The van der Waals surface area contributed by atoms with Crippen molar-refractivity contribution in [3.05, 3.63) is 24.0 Å². The Morgan fingerprint density at radius 1 is 1.20 bits per heavy atom. The second kappa shape index (κ2) is 6.00. The van der Waals surface area contributed by atoms with Gasteiger partial charge < -0.3 is 15.0 Å². The fourth-order valence-corrected chi connectivity index (χ4v) is 2.19. The average Bonchev–Trinajstić information content (AvgIpc) is 2.95. The zero-order valence-electron chi connectivity index (χ0n) is 12.1. The lowest BCUT2D eigenvalue weighted by Crippen LogP contribution is -2.29. The normalized spacial score (nSPS) is 11.8. The van der Waals surface area contributed by atoms with E-state index in [1.54, 1.807) is 18.2 Å². The van der Waals surface area contributed by atoms with Gasteiger partial charge in [0.05, 0.1) is 0 Å². The van der Waals surface area contributed by atoms with Crippen LogP contribution in [0.1, 0.15) is 39.4 Å². The van der Waals surface area contributed by atoms with Gasteiger partial charge in [-0.2, -0.15) is 4.98 Å². The number of ether oxygens (including phenoxy) is 1. The third-order valence-corrected chi connectivity index (χ3v) is 3.39. The van der Waals surface area contributed by atoms with Gasteiger partial charge in [0.25, 0.3) is 5.89 Å². The molecular weight excluding hydrogens is 256 g/mol. The van der Waals surface area contributed by atoms with Crippen molar-refractivity contribution in [3.63, 3.8) is 0 Å². The molecule has 20 heavy (non-hydrogen) atoms. The first kappa shape index (κ1) is 14.5. The Kier molecular flexibility index (Phi) is 4.34. The summed E-state index contributed by atoms with van der Waals surface area (Å²) in [5, 5.41) is 4.06. The quantitative estimate of drug-likeness (QED) is 0.872. The number of pyridine rings is 1. The van der Waals surface area contributed by atoms with Crippen LogP contribution in [0.15, 0.2) is 22.7 Å². The van der Waals surface area contributed by atoms with Gasteiger partial charge in [0.2, 0.25) is 5.82 Å². The Hall–Kier alpha value is -1.95. The summed E-state index contributed by atoms with van der Waals surface area (Å²) in [6.45, 7) is 6.66. The maximum atomic E-state index is 5.86. The molecule has 2 N–H and O–H groups in total. The number of nitrogens with two attached hydrogens (primary N) is 1. The maximum Gasteiger partial charge on any atom is 0.276 e. The molecule has 0 spiro atoms. The molecule has 0 saturated heterocycles. The molecule has 0 amide bonds. The molecule has 0 aliphatic heterocycles. The predicted molar refractivity (Wildman–Crippen MR) is 75.8 cm³/mol. The molecule has 2 heterocycles. The number of aromatic nitrogens is 3. The van der Waals surface area contributed by atoms with E-state index in [1.165, 1.54) is 0 Å². The van der Waals surface area contributed by atoms with E-state index in [9.17, 15) is 0 Å². The minimum Gasteiger partial charge on any atom is -0.384 e. The number of nitrogen functional groups attached to an aromatic ring is 1. The van der Waals surface area contributed by atoms with Crippen LogP contribution in [0.25, 0.3) is 11.6 Å². The van der Waals surface area contributed by atoms with Crippen LogP contribution in [0.5, 0.6) is 0 Å². The number of hydrogen-bond donors (Lipinski definition) is 1. The van der Waals surface area contributed by atoms with Crippen LogP contribution < -0.4 is 5.73 Å². The summed E-state index contributed by atoms with van der Waals surface area (Å²) in [6, 6.07) is 5.30. The highest BCUT2D eigenvalue weighted by Crippen LogP contribution is 2.32. The summed E-state index contributed by atoms with van der Waals surface area (Å²) < 4.78 is 11.2. The molecule has 108 valence electrons. The molecule has 0 aliphatic carbocycles. The van der Waals surface area contributed by atoms with Crippen LogP contribution in [0.2, 0.25) is 0 Å². The summed E-state index contributed by atoms with van der Waals surface area (Å²) in [5.74, 6) is 1.34. The fourth-order valence-electron chi connectivity index (χ4n) is 2.19. The molecule has 6 nitrogen and oxygen atoms in total. The molecule has 0 saturated carbocycles. The van der Waals surface area contributed by atoms with E-state index < -0.39 is 5.60 Å². The lowest BCUT2D eigenvalue weighted by Gasteiger charge is -2.27. The molecule has 2 aromatic heterocycles. The summed E-state index contributed by atoms with van der Waals surface area (Å²) in [5.41, 5.74) is 5.73. The number of hydrogen-bond acceptors (Lipinski definition) is 6. The lowest BCUT2D eigenvalue weighted by molar-refractivity contribution is -0.0583. The van der Waals surface area contributed by atoms with Gasteiger partial charge in [-0.3, -0.25) is 0 Å². The average molecular weight is 276 g/mol. The van der Waals surface area contributed by atoms with Gasteiger partial charge in [0.1, 0.15) is 17.1 Å². The van der Waals surface area contributed by atoms with Gasteiger partial charge >= 0.3 is 0 Å². The smallest absolute Gasteiger partial charge is 0.276 e. The molecule has 0 aromatic carbocycles. The van der Waals surface area contributed by atoms with Crippen molar-refractivity contribution in [1.82, 2.24) is 15.1 Å². The molecule has 0 atom stereocenters. The first-order chi connectivity index (χ1) is 9.65. The summed E-state index contributed by atoms with van der Waals surface area (Å²) in [6.07, 6.45) is 1.56. The van der Waals surface area contributed by atoms with E-state index in [1.807, 2.05) is 20.8 Å². The third kappa shape index (κ3) is 2.65. The molecule has 0 unspecified atom stereocenters. The van der Waals surface area contributed by atoms with Gasteiger partial charge in [-0.05, 0) is 31.9 Å². The van der Waals surface area contributed by atoms with Gasteiger partial charge in [0.15, 0.2) is 0 Å². The van der Waals surface area contributed by atoms with Crippen molar-refractivity contribution in [3.8, 4) is 11.6 Å². The van der Waals surface area contributed by atoms with Gasteiger partial charge in [-0.25, -0.2) is 4.98 Å². The largest absolute Gasteiger partial charge is 0.384 e. The summed E-state index contributed by atoms with van der Waals surface area (Å²) in [7, 11) is 0. The molecule has 0 fully saturated rings. The van der Waals surface area contributed by atoms with Crippen LogP contribution in [-0.4, -0.2) is 21.7 Å². The van der Waals surface area contributed by atoms with Crippen molar-refractivity contribution in [2.45, 2.75) is 39.2 Å². The highest BCUT2D eigenvalue weighted by Gasteiger charge is 2.34. The van der Waals surface area contributed by atoms with Crippen molar-refractivity contribution in [2.24, 2.45) is 0 Å². The molecule has 0 radical (unpaired) electrons. The molecular formula is C14H20N4O2. The maximum absolute atomic E-state index is 5.86. The van der Waals surface area contributed by atoms with Crippen LogP contribution in [0.4, 0.5) is 5.82 Å². The zero-order valence-corrected chi connectivity index (χ0v) is 12.1. The van der Waals surface area contributed by atoms with E-state index in [-0.39, 0.29) is 0 Å². The summed E-state index contributed by atoms with van der Waals surface area (Å²) in [4.78, 5) is 8.61. The van der Waals surface area contributed by atoms with E-state index in [0.29, 0.717) is 29.8 Å². The predicted octanol–water partition coefficient (Wildman–Crippen LogP) is 2.77. The number of anilines is 1. The van der Waals surface area contributed by atoms with E-state index >= 15 is 0 Å². The van der Waals surface area contributed by atoms with Crippen LogP contribution >= 0.6 is 0 Å². The van der Waals surface area contributed by atoms with Crippen LogP contribution in [-0.2, 0) is 10.3 Å². The highest BCUT2D eigenvalue weighted by atomic mass is 16.5. The van der Waals surface area contributed by atoms with E-state index in [2.05, 4.69) is 15.1 Å². The fraction of sp³-hybridized carbons (Fsp3) is 0.500. The minimum absolute atomic E-state index is 0.360. The molecule has 6 heteroatoms. The Balaban J connectivity index is 2.36. The van der Waals surface area contributed by atoms with Crippen molar-refractivity contribution in [1.29, 1.82) is 0 Å². The summed E-state index contributed by atoms with van der Waals surface area (Å²) >= 11 is 0. The number of rotatable bonds is 6. The first-order valence-electron chi connectivity index (χ1n) is 6.86. The second-order valence-electron chi connectivity index (χ2n) is 4.51. The van der Waals surface area contributed by atoms with Crippen LogP contribution in [0.3, 0.4) is 0 Å². The molecule has 2 rings (SSSR count). The topological polar surface area (TPSA) is 87.1 Å². The van der Waals surface area contributed by atoms with Gasteiger partial charge in [0, 0.05) is 6.61 Å². The first-order valence-corrected chi connectivity index (χ1v) is 6.86. The Bertz CT molecular complexity index is 564. The Morgan fingerprint density at radius 2 is 1.95 bits per heavy atom. The lowest BCUT2D eigenvalue weighted by atomic mass is 9.96. The van der Waals surface area contributed by atoms with Crippen molar-refractivity contribution >= 4 is 5.82 Å². The van der Waals surface area contributed by atoms with Crippen molar-refractivity contribution < 1.29 is 9.26 Å². The van der Waals surface area contributed by atoms with Crippen molar-refractivity contribution in [2.75, 3.05) is 12.3 Å². The highest BCUT2D eigenvalue weighted by molar-refractivity contribution is 5.50. The molecule has 0 aliphatic rings. The molecule has 2 aromatic rings. The SMILES string of the molecule is CCOC(CC)(CC)c1noc(-c2cccc(N)n2)n1. The molecule has 0 bridgehead atoms. The standard InChI is InChI=1S/C14H20N4O2/c1-4-14(5-2,19-6-3)13-17-12(20-18-13)10-8-7-9-11(15)16-10/h7-9H,4-6H2,1-3H3,(H2,15,16).